The molecule has 0 aliphatic rings. The summed E-state index contributed by atoms with van der Waals surface area (Å²) in [6, 6.07) is 1.33. The molecule has 80 valence electrons. The van der Waals surface area contributed by atoms with Crippen molar-refractivity contribution in [3.8, 4) is 0 Å². The molecule has 0 aliphatic carbocycles. The van der Waals surface area contributed by atoms with Gasteiger partial charge in [0.1, 0.15) is 10.5 Å². The third-order valence-electron chi connectivity index (χ3n) is 2.34. The maximum atomic E-state index is 5.16. The highest BCUT2D eigenvalue weighted by molar-refractivity contribution is 5.97. The molecule has 0 spiro atoms. The van der Waals surface area contributed by atoms with Crippen LogP contribution in [0.1, 0.15) is 40.5 Å². The standard InChI is InChI=1S/C10H25NOSi/c1-9(2)11(10(3)4)7-5-6-8-12-13/h9-10H,5-8H2,1-4,13H3. The van der Waals surface area contributed by atoms with Gasteiger partial charge in [-0.25, -0.2) is 0 Å². The molecular formula is C10H25NOSi. The molecule has 13 heavy (non-hydrogen) atoms. The van der Waals surface area contributed by atoms with Crippen LogP contribution in [0, 0.1) is 0 Å². The quantitative estimate of drug-likeness (QED) is 0.455. The summed E-state index contributed by atoms with van der Waals surface area (Å²) >= 11 is 0. The van der Waals surface area contributed by atoms with Gasteiger partial charge in [-0.05, 0) is 47.1 Å². The molecule has 0 saturated heterocycles. The highest BCUT2D eigenvalue weighted by Gasteiger charge is 2.11. The average Bonchev–Trinajstić information content (AvgIpc) is 2.02. The highest BCUT2D eigenvalue weighted by Crippen LogP contribution is 2.06. The molecule has 0 aromatic rings. The second-order valence-electron chi connectivity index (χ2n) is 4.13. The summed E-state index contributed by atoms with van der Waals surface area (Å²) < 4.78 is 5.16. The van der Waals surface area contributed by atoms with Gasteiger partial charge in [-0.15, -0.1) is 0 Å². The smallest absolute Gasteiger partial charge is 0.145 e. The molecule has 0 aliphatic heterocycles. The van der Waals surface area contributed by atoms with E-state index in [9.17, 15) is 0 Å². The van der Waals surface area contributed by atoms with E-state index in [1.807, 2.05) is 0 Å². The molecule has 0 heterocycles. The summed E-state index contributed by atoms with van der Waals surface area (Å²) in [4.78, 5) is 2.53. The number of nitrogens with zero attached hydrogens (tertiary/aromatic N) is 1. The lowest BCUT2D eigenvalue weighted by Crippen LogP contribution is -2.37. The van der Waals surface area contributed by atoms with Gasteiger partial charge < -0.3 is 4.43 Å². The van der Waals surface area contributed by atoms with Crippen molar-refractivity contribution in [3.63, 3.8) is 0 Å². The van der Waals surface area contributed by atoms with Crippen molar-refractivity contribution in [3.05, 3.63) is 0 Å². The predicted molar refractivity (Wildman–Crippen MR) is 62.1 cm³/mol. The SMILES string of the molecule is CC(C)N(CCCCO[SiH3])C(C)C. The van der Waals surface area contributed by atoms with Gasteiger partial charge in [-0.3, -0.25) is 4.90 Å². The first-order valence-electron chi connectivity index (χ1n) is 5.34. The summed E-state index contributed by atoms with van der Waals surface area (Å²) in [5.41, 5.74) is 0. The third-order valence-corrected chi connectivity index (χ3v) is 2.75. The van der Waals surface area contributed by atoms with E-state index >= 15 is 0 Å². The van der Waals surface area contributed by atoms with Gasteiger partial charge in [-0.1, -0.05) is 0 Å². The molecule has 2 nitrogen and oxygen atoms in total. The van der Waals surface area contributed by atoms with Crippen molar-refractivity contribution in [1.82, 2.24) is 4.90 Å². The van der Waals surface area contributed by atoms with E-state index < -0.39 is 0 Å². The Labute approximate surface area is 86.2 Å². The molecule has 0 amide bonds. The van der Waals surface area contributed by atoms with E-state index in [-0.39, 0.29) is 0 Å². The van der Waals surface area contributed by atoms with E-state index in [1.54, 1.807) is 0 Å². The van der Waals surface area contributed by atoms with Crippen molar-refractivity contribution in [2.45, 2.75) is 52.6 Å². The fourth-order valence-electron chi connectivity index (χ4n) is 1.65. The molecule has 0 radical (unpaired) electrons. The first-order valence-corrected chi connectivity index (χ1v) is 6.16. The number of unbranched alkanes of at least 4 members (excludes halogenated alkanes) is 1. The molecule has 0 fully saturated rings. The summed E-state index contributed by atoms with van der Waals surface area (Å²) in [5.74, 6) is 0. The first kappa shape index (κ1) is 13.1. The Morgan fingerprint density at radius 2 is 1.62 bits per heavy atom. The zero-order valence-electron chi connectivity index (χ0n) is 9.84. The molecule has 0 bridgehead atoms. The van der Waals surface area contributed by atoms with Gasteiger partial charge in [0.25, 0.3) is 0 Å². The minimum absolute atomic E-state index is 0.664. The summed E-state index contributed by atoms with van der Waals surface area (Å²) in [6.45, 7) is 11.2. The number of hydrogen-bond donors (Lipinski definition) is 0. The minimum Gasteiger partial charge on any atom is -0.428 e. The fourth-order valence-corrected chi connectivity index (χ4v) is 1.94. The Bertz CT molecular complexity index is 109. The van der Waals surface area contributed by atoms with E-state index in [1.165, 1.54) is 19.4 Å². The Kier molecular flexibility index (Phi) is 7.61. The Hall–Kier alpha value is 0.137. The van der Waals surface area contributed by atoms with Crippen molar-refractivity contribution in [1.29, 1.82) is 0 Å². The molecule has 0 N–H and O–H groups in total. The van der Waals surface area contributed by atoms with Gasteiger partial charge in [-0.2, -0.15) is 0 Å². The van der Waals surface area contributed by atoms with Crippen LogP contribution in [0.4, 0.5) is 0 Å². The van der Waals surface area contributed by atoms with Gasteiger partial charge in [0.15, 0.2) is 0 Å². The van der Waals surface area contributed by atoms with Crippen molar-refractivity contribution < 1.29 is 4.43 Å². The maximum Gasteiger partial charge on any atom is 0.145 e. The van der Waals surface area contributed by atoms with Gasteiger partial charge in [0.2, 0.25) is 0 Å². The summed E-state index contributed by atoms with van der Waals surface area (Å²) in [7, 11) is 0.882. The van der Waals surface area contributed by atoms with Crippen LogP contribution in [0.15, 0.2) is 0 Å². The van der Waals surface area contributed by atoms with Gasteiger partial charge in [0.05, 0.1) is 0 Å². The second-order valence-corrected chi connectivity index (χ2v) is 4.70. The van der Waals surface area contributed by atoms with Crippen molar-refractivity contribution in [2.75, 3.05) is 13.2 Å². The summed E-state index contributed by atoms with van der Waals surface area (Å²) in [6.07, 6.45) is 2.47. The van der Waals surface area contributed by atoms with Crippen LogP contribution < -0.4 is 0 Å². The molecule has 0 saturated carbocycles. The molecule has 0 atom stereocenters. The second kappa shape index (κ2) is 7.53. The lowest BCUT2D eigenvalue weighted by molar-refractivity contribution is 0.168. The van der Waals surface area contributed by atoms with Crippen LogP contribution in [0.3, 0.4) is 0 Å². The highest BCUT2D eigenvalue weighted by atomic mass is 28.2. The van der Waals surface area contributed by atoms with Crippen molar-refractivity contribution in [2.24, 2.45) is 0 Å². The minimum atomic E-state index is 0.664. The van der Waals surface area contributed by atoms with E-state index in [2.05, 4.69) is 32.6 Å². The van der Waals surface area contributed by atoms with Gasteiger partial charge >= 0.3 is 0 Å². The zero-order chi connectivity index (χ0) is 10.3. The van der Waals surface area contributed by atoms with Crippen LogP contribution in [0.25, 0.3) is 0 Å². The topological polar surface area (TPSA) is 12.5 Å². The molecule has 0 unspecified atom stereocenters. The lowest BCUT2D eigenvalue weighted by atomic mass is 10.2. The van der Waals surface area contributed by atoms with Gasteiger partial charge in [0, 0.05) is 18.7 Å². The fraction of sp³-hybridized carbons (Fsp3) is 1.00. The molecule has 0 aromatic heterocycles. The van der Waals surface area contributed by atoms with E-state index in [0.717, 1.165) is 17.1 Å². The average molecular weight is 203 g/mol. The third kappa shape index (κ3) is 6.24. The van der Waals surface area contributed by atoms with Crippen molar-refractivity contribution >= 4 is 10.5 Å². The Morgan fingerprint density at radius 3 is 2.00 bits per heavy atom. The largest absolute Gasteiger partial charge is 0.428 e. The zero-order valence-corrected chi connectivity index (χ0v) is 11.8. The Morgan fingerprint density at radius 1 is 1.08 bits per heavy atom. The lowest BCUT2D eigenvalue weighted by Gasteiger charge is -2.30. The summed E-state index contributed by atoms with van der Waals surface area (Å²) in [5, 5.41) is 0. The molecular weight excluding hydrogens is 178 g/mol. The van der Waals surface area contributed by atoms with Crippen LogP contribution in [-0.4, -0.2) is 40.6 Å². The number of hydrogen-bond acceptors (Lipinski definition) is 2. The first-order chi connectivity index (χ1) is 6.09. The van der Waals surface area contributed by atoms with Crippen LogP contribution in [0.2, 0.25) is 0 Å². The van der Waals surface area contributed by atoms with Crippen LogP contribution in [0.5, 0.6) is 0 Å². The molecule has 3 heteroatoms. The monoisotopic (exact) mass is 203 g/mol. The van der Waals surface area contributed by atoms with E-state index in [4.69, 9.17) is 4.43 Å². The molecule has 0 aromatic carbocycles. The predicted octanol–water partition coefficient (Wildman–Crippen LogP) is 1.18. The van der Waals surface area contributed by atoms with E-state index in [0.29, 0.717) is 12.1 Å². The Balaban J connectivity index is 3.58. The number of rotatable bonds is 7. The maximum absolute atomic E-state index is 5.16. The van der Waals surface area contributed by atoms with Crippen LogP contribution >= 0.6 is 0 Å². The van der Waals surface area contributed by atoms with Crippen LogP contribution in [-0.2, 0) is 4.43 Å². The molecule has 0 rings (SSSR count). The normalized spacial score (nSPS) is 12.2.